The summed E-state index contributed by atoms with van der Waals surface area (Å²) in [5.41, 5.74) is 6.84. The summed E-state index contributed by atoms with van der Waals surface area (Å²) in [6.45, 7) is 4.72. The van der Waals surface area contributed by atoms with Crippen LogP contribution in [-0.2, 0) is 0 Å². The molecule has 1 nitrogen and oxygen atoms in total. The predicted octanol–water partition coefficient (Wildman–Crippen LogP) is 2.94. The van der Waals surface area contributed by atoms with Crippen LogP contribution in [0.4, 0.5) is 0 Å². The first-order chi connectivity index (χ1) is 6.18. The van der Waals surface area contributed by atoms with E-state index in [1.165, 1.54) is 38.5 Å². The quantitative estimate of drug-likeness (QED) is 0.711. The molecule has 0 unspecified atom stereocenters. The summed E-state index contributed by atoms with van der Waals surface area (Å²) in [6.07, 6.45) is 8.35. The average molecular weight is 181 g/mol. The molecule has 0 radical (unpaired) electrons. The molecule has 2 saturated carbocycles. The topological polar surface area (TPSA) is 26.0 Å². The molecule has 2 aliphatic rings. The van der Waals surface area contributed by atoms with Gasteiger partial charge in [-0.2, -0.15) is 0 Å². The van der Waals surface area contributed by atoms with Gasteiger partial charge in [-0.3, -0.25) is 0 Å². The number of hydrogen-bond acceptors (Lipinski definition) is 1. The SMILES string of the molecule is CCCC[C@@]1(C)[C@H]2CC[C@H](C2)[C@H]1N. The first-order valence-electron chi connectivity index (χ1n) is 5.94. The van der Waals surface area contributed by atoms with Gasteiger partial charge in [0, 0.05) is 6.04 Å². The Morgan fingerprint density at radius 2 is 2.15 bits per heavy atom. The average Bonchev–Trinajstić information content (AvgIpc) is 2.68. The summed E-state index contributed by atoms with van der Waals surface area (Å²) in [5.74, 6) is 1.82. The normalized spacial score (nSPS) is 48.7. The molecule has 0 heterocycles. The van der Waals surface area contributed by atoms with E-state index in [9.17, 15) is 0 Å². The maximum Gasteiger partial charge on any atom is 0.0124 e. The Balaban J connectivity index is 2.04. The van der Waals surface area contributed by atoms with Gasteiger partial charge in [-0.25, -0.2) is 0 Å². The van der Waals surface area contributed by atoms with Gasteiger partial charge < -0.3 is 5.73 Å². The summed E-state index contributed by atoms with van der Waals surface area (Å²) < 4.78 is 0. The second kappa shape index (κ2) is 3.27. The Bertz CT molecular complexity index is 186. The van der Waals surface area contributed by atoms with Crippen molar-refractivity contribution in [2.75, 3.05) is 0 Å². The molecule has 2 N–H and O–H groups in total. The number of unbranched alkanes of at least 4 members (excludes halogenated alkanes) is 1. The molecule has 0 aromatic carbocycles. The fourth-order valence-corrected chi connectivity index (χ4v) is 3.68. The summed E-state index contributed by atoms with van der Waals surface area (Å²) in [5, 5.41) is 0. The molecule has 4 atom stereocenters. The molecule has 0 saturated heterocycles. The highest BCUT2D eigenvalue weighted by Crippen LogP contribution is 2.56. The zero-order valence-corrected chi connectivity index (χ0v) is 9.05. The molecule has 2 rings (SSSR count). The minimum atomic E-state index is 0.499. The van der Waals surface area contributed by atoms with E-state index < -0.39 is 0 Å². The number of nitrogens with two attached hydrogens (primary N) is 1. The van der Waals surface area contributed by atoms with Crippen LogP contribution >= 0.6 is 0 Å². The van der Waals surface area contributed by atoms with Gasteiger partial charge in [-0.15, -0.1) is 0 Å². The van der Waals surface area contributed by atoms with E-state index in [0.29, 0.717) is 11.5 Å². The van der Waals surface area contributed by atoms with Crippen molar-refractivity contribution in [3.05, 3.63) is 0 Å². The van der Waals surface area contributed by atoms with Crippen molar-refractivity contribution in [3.8, 4) is 0 Å². The van der Waals surface area contributed by atoms with Crippen LogP contribution < -0.4 is 5.73 Å². The van der Waals surface area contributed by atoms with Crippen LogP contribution in [0, 0.1) is 17.3 Å². The lowest BCUT2D eigenvalue weighted by Gasteiger charge is -2.39. The second-order valence-corrected chi connectivity index (χ2v) is 5.41. The van der Waals surface area contributed by atoms with Crippen LogP contribution in [0.3, 0.4) is 0 Å². The Hall–Kier alpha value is -0.0400. The van der Waals surface area contributed by atoms with Crippen LogP contribution in [0.5, 0.6) is 0 Å². The predicted molar refractivity (Wildman–Crippen MR) is 56.4 cm³/mol. The van der Waals surface area contributed by atoms with Crippen molar-refractivity contribution in [1.82, 2.24) is 0 Å². The minimum absolute atomic E-state index is 0.499. The first-order valence-corrected chi connectivity index (χ1v) is 5.94. The van der Waals surface area contributed by atoms with Crippen LogP contribution in [0.2, 0.25) is 0 Å². The highest BCUT2D eigenvalue weighted by Gasteiger charge is 2.52. The second-order valence-electron chi connectivity index (χ2n) is 5.41. The monoisotopic (exact) mass is 181 g/mol. The summed E-state index contributed by atoms with van der Waals surface area (Å²) >= 11 is 0. The number of rotatable bonds is 3. The zero-order chi connectivity index (χ0) is 9.47. The van der Waals surface area contributed by atoms with Crippen LogP contribution in [0.1, 0.15) is 52.4 Å². The summed E-state index contributed by atoms with van der Waals surface area (Å²) in [6, 6.07) is 0.512. The fourth-order valence-electron chi connectivity index (χ4n) is 3.68. The van der Waals surface area contributed by atoms with Gasteiger partial charge in [-0.1, -0.05) is 26.7 Å². The Labute approximate surface area is 82.1 Å². The third-order valence-corrected chi connectivity index (χ3v) is 4.74. The van der Waals surface area contributed by atoms with Gasteiger partial charge in [-0.05, 0) is 42.9 Å². The van der Waals surface area contributed by atoms with Gasteiger partial charge >= 0.3 is 0 Å². The zero-order valence-electron chi connectivity index (χ0n) is 9.05. The van der Waals surface area contributed by atoms with E-state index in [0.717, 1.165) is 11.8 Å². The first kappa shape index (κ1) is 9.51. The smallest absolute Gasteiger partial charge is 0.0124 e. The van der Waals surface area contributed by atoms with Crippen molar-refractivity contribution in [2.45, 2.75) is 58.4 Å². The van der Waals surface area contributed by atoms with Crippen LogP contribution in [0.15, 0.2) is 0 Å². The highest BCUT2D eigenvalue weighted by atomic mass is 14.8. The van der Waals surface area contributed by atoms with E-state index in [-0.39, 0.29) is 0 Å². The fraction of sp³-hybridized carbons (Fsp3) is 1.00. The molecule has 0 spiro atoms. The third kappa shape index (κ3) is 1.32. The highest BCUT2D eigenvalue weighted by molar-refractivity contribution is 5.06. The van der Waals surface area contributed by atoms with Crippen molar-refractivity contribution in [2.24, 2.45) is 23.0 Å². The molecule has 76 valence electrons. The molecular formula is C12H23N. The lowest BCUT2D eigenvalue weighted by Crippen LogP contribution is -2.44. The van der Waals surface area contributed by atoms with Crippen molar-refractivity contribution in [3.63, 3.8) is 0 Å². The molecule has 0 amide bonds. The number of fused-ring (bicyclic) bond motifs is 2. The van der Waals surface area contributed by atoms with E-state index in [2.05, 4.69) is 13.8 Å². The van der Waals surface area contributed by atoms with Gasteiger partial charge in [0.1, 0.15) is 0 Å². The standard InChI is InChI=1S/C12H23N/c1-3-4-7-12(2)10-6-5-9(8-10)11(12)13/h9-11H,3-8,13H2,1-2H3/t9-,10+,11-,12+/m1/s1. The molecule has 1 heteroatoms. The van der Waals surface area contributed by atoms with E-state index in [1.54, 1.807) is 0 Å². The molecular weight excluding hydrogens is 158 g/mol. The van der Waals surface area contributed by atoms with Crippen molar-refractivity contribution >= 4 is 0 Å². The molecule has 2 bridgehead atoms. The summed E-state index contributed by atoms with van der Waals surface area (Å²) in [7, 11) is 0. The maximum absolute atomic E-state index is 6.34. The van der Waals surface area contributed by atoms with E-state index in [1.807, 2.05) is 0 Å². The molecule has 0 aliphatic heterocycles. The summed E-state index contributed by atoms with van der Waals surface area (Å²) in [4.78, 5) is 0. The molecule has 0 aromatic rings. The van der Waals surface area contributed by atoms with E-state index in [4.69, 9.17) is 5.73 Å². The van der Waals surface area contributed by atoms with Gasteiger partial charge in [0.05, 0.1) is 0 Å². The van der Waals surface area contributed by atoms with Gasteiger partial charge in [0.25, 0.3) is 0 Å². The lowest BCUT2D eigenvalue weighted by molar-refractivity contribution is 0.138. The van der Waals surface area contributed by atoms with E-state index >= 15 is 0 Å². The van der Waals surface area contributed by atoms with Crippen LogP contribution in [0.25, 0.3) is 0 Å². The largest absolute Gasteiger partial charge is 0.327 e. The van der Waals surface area contributed by atoms with Crippen molar-refractivity contribution < 1.29 is 0 Å². The molecule has 2 fully saturated rings. The minimum Gasteiger partial charge on any atom is -0.327 e. The van der Waals surface area contributed by atoms with Gasteiger partial charge in [0.2, 0.25) is 0 Å². The molecule has 2 aliphatic carbocycles. The van der Waals surface area contributed by atoms with Gasteiger partial charge in [0.15, 0.2) is 0 Å². The van der Waals surface area contributed by atoms with Crippen molar-refractivity contribution in [1.29, 1.82) is 0 Å². The third-order valence-electron chi connectivity index (χ3n) is 4.74. The number of hydrogen-bond donors (Lipinski definition) is 1. The Morgan fingerprint density at radius 1 is 1.38 bits per heavy atom. The Kier molecular flexibility index (Phi) is 2.39. The molecule has 13 heavy (non-hydrogen) atoms. The van der Waals surface area contributed by atoms with Crippen LogP contribution in [-0.4, -0.2) is 6.04 Å². The maximum atomic E-state index is 6.34. The Morgan fingerprint density at radius 3 is 2.69 bits per heavy atom. The lowest BCUT2D eigenvalue weighted by atomic mass is 9.69. The molecule has 0 aromatic heterocycles.